The van der Waals surface area contributed by atoms with Crippen molar-refractivity contribution < 1.29 is 23.5 Å². The Labute approximate surface area is 170 Å². The topological polar surface area (TPSA) is 73.7 Å². The molecule has 0 bridgehead atoms. The van der Waals surface area contributed by atoms with Crippen LogP contribution >= 0.6 is 11.6 Å². The van der Waals surface area contributed by atoms with Crippen molar-refractivity contribution >= 4 is 29.2 Å². The third-order valence-electron chi connectivity index (χ3n) is 5.37. The van der Waals surface area contributed by atoms with Crippen LogP contribution in [0.3, 0.4) is 0 Å². The fourth-order valence-electron chi connectivity index (χ4n) is 3.85. The third-order valence-corrected chi connectivity index (χ3v) is 5.58. The molecule has 2 heterocycles. The van der Waals surface area contributed by atoms with Gasteiger partial charge in [0, 0.05) is 12.7 Å². The lowest BCUT2D eigenvalue weighted by atomic mass is 9.75. The minimum Gasteiger partial charge on any atom is -0.393 e. The van der Waals surface area contributed by atoms with E-state index in [1.54, 1.807) is 12.1 Å². The minimum absolute atomic E-state index is 0.0821. The Morgan fingerprint density at radius 3 is 2.48 bits per heavy atom. The number of carbonyl (C=O) groups is 2. The summed E-state index contributed by atoms with van der Waals surface area (Å²) in [6, 6.07) is 5.84. The molecule has 1 aromatic heterocycles. The summed E-state index contributed by atoms with van der Waals surface area (Å²) in [5.41, 5.74) is 0.668. The molecule has 1 aromatic carbocycles. The highest BCUT2D eigenvalue weighted by Gasteiger charge is 2.48. The highest BCUT2D eigenvalue weighted by molar-refractivity contribution is 6.30. The average molecular weight is 422 g/mol. The Morgan fingerprint density at radius 2 is 1.86 bits per heavy atom. The second kappa shape index (κ2) is 7.68. The van der Waals surface area contributed by atoms with E-state index in [1.165, 1.54) is 23.2 Å². The molecule has 2 amide bonds. The minimum atomic E-state index is -0.860. The molecule has 2 aromatic rings. The number of anilines is 1. The number of carbonyl (C=O) groups excluding carboxylic acids is 2. The van der Waals surface area contributed by atoms with Crippen molar-refractivity contribution in [3.8, 4) is 0 Å². The van der Waals surface area contributed by atoms with Gasteiger partial charge in [-0.2, -0.15) is 0 Å². The fourth-order valence-corrected chi connectivity index (χ4v) is 4.00. The molecule has 9 heteroatoms. The van der Waals surface area contributed by atoms with Crippen molar-refractivity contribution in [2.24, 2.45) is 5.92 Å². The van der Waals surface area contributed by atoms with Gasteiger partial charge in [0.1, 0.15) is 18.4 Å². The molecule has 4 rings (SSSR count). The largest absolute Gasteiger partial charge is 0.393 e. The maximum absolute atomic E-state index is 14.4. The van der Waals surface area contributed by atoms with Crippen molar-refractivity contribution in [3.63, 3.8) is 0 Å². The third kappa shape index (κ3) is 3.82. The van der Waals surface area contributed by atoms with Gasteiger partial charge in [0.05, 0.1) is 11.1 Å². The van der Waals surface area contributed by atoms with Crippen LogP contribution in [0.25, 0.3) is 0 Å². The van der Waals surface area contributed by atoms with E-state index >= 15 is 0 Å². The van der Waals surface area contributed by atoms with Gasteiger partial charge in [-0.25, -0.2) is 13.8 Å². The maximum Gasteiger partial charge on any atom is 0.251 e. The lowest BCUT2D eigenvalue weighted by Gasteiger charge is -2.47. The first-order valence-corrected chi connectivity index (χ1v) is 9.55. The van der Waals surface area contributed by atoms with Crippen LogP contribution in [0.1, 0.15) is 18.4 Å². The van der Waals surface area contributed by atoms with Crippen LogP contribution in [0, 0.1) is 17.6 Å². The van der Waals surface area contributed by atoms with E-state index in [2.05, 4.69) is 4.98 Å². The van der Waals surface area contributed by atoms with Crippen molar-refractivity contribution in [3.05, 3.63) is 58.7 Å². The molecule has 29 heavy (non-hydrogen) atoms. The van der Waals surface area contributed by atoms with E-state index in [0.29, 0.717) is 18.4 Å². The van der Waals surface area contributed by atoms with Gasteiger partial charge in [-0.3, -0.25) is 14.5 Å². The molecule has 1 N–H and O–H groups in total. The molecule has 1 saturated heterocycles. The van der Waals surface area contributed by atoms with Crippen molar-refractivity contribution in [2.45, 2.75) is 31.5 Å². The predicted octanol–water partition coefficient (Wildman–Crippen LogP) is 2.53. The Morgan fingerprint density at radius 1 is 1.17 bits per heavy atom. The van der Waals surface area contributed by atoms with Crippen LogP contribution in [0.5, 0.6) is 0 Å². The van der Waals surface area contributed by atoms with Gasteiger partial charge in [-0.15, -0.1) is 0 Å². The molecule has 0 radical (unpaired) electrons. The predicted molar refractivity (Wildman–Crippen MR) is 101 cm³/mol. The molecule has 1 aliphatic carbocycles. The molecule has 0 spiro atoms. The van der Waals surface area contributed by atoms with Crippen LogP contribution < -0.4 is 4.90 Å². The number of hydrogen-bond donors (Lipinski definition) is 1. The summed E-state index contributed by atoms with van der Waals surface area (Å²) in [4.78, 5) is 32.5. The van der Waals surface area contributed by atoms with Crippen LogP contribution in [-0.2, 0) is 16.1 Å². The zero-order valence-electron chi connectivity index (χ0n) is 15.3. The Hall–Kier alpha value is -2.58. The number of piperazine rings is 1. The summed E-state index contributed by atoms with van der Waals surface area (Å²) in [7, 11) is 0. The number of aliphatic hydroxyl groups excluding tert-OH is 1. The van der Waals surface area contributed by atoms with Crippen molar-refractivity contribution in [2.75, 3.05) is 11.4 Å². The molecule has 2 fully saturated rings. The van der Waals surface area contributed by atoms with Crippen LogP contribution in [0.2, 0.25) is 5.02 Å². The van der Waals surface area contributed by atoms with Gasteiger partial charge in [0.2, 0.25) is 5.91 Å². The SMILES string of the molecule is O=C1C([C@H]2C[C@H](O)C2)N(Cc2ccc(F)cc2)C(=O)CN1c1ncc(Cl)cc1F. The van der Waals surface area contributed by atoms with Gasteiger partial charge in [-0.05, 0) is 42.5 Å². The summed E-state index contributed by atoms with van der Waals surface area (Å²) < 4.78 is 27.6. The molecular weight excluding hydrogens is 404 g/mol. The van der Waals surface area contributed by atoms with E-state index in [0.717, 1.165) is 11.0 Å². The second-order valence-corrected chi connectivity index (χ2v) is 7.80. The number of nitrogens with zero attached hydrogens (tertiary/aromatic N) is 3. The van der Waals surface area contributed by atoms with Gasteiger partial charge in [-0.1, -0.05) is 23.7 Å². The van der Waals surface area contributed by atoms with E-state index in [9.17, 15) is 23.5 Å². The number of rotatable bonds is 4. The summed E-state index contributed by atoms with van der Waals surface area (Å²) in [6.07, 6.45) is 1.42. The summed E-state index contributed by atoms with van der Waals surface area (Å²) in [6.45, 7) is -0.246. The van der Waals surface area contributed by atoms with Gasteiger partial charge >= 0.3 is 0 Å². The fraction of sp³-hybridized carbons (Fsp3) is 0.350. The standard InChI is InChI=1S/C20H18ClF2N3O3/c21-13-7-16(23)19(24-8-13)26-10-17(28)25(9-11-1-3-14(22)4-2-11)18(20(26)29)12-5-15(27)6-12/h1-4,7-8,12,15,18,27H,5-6,9-10H2/t12-,15-,18?. The van der Waals surface area contributed by atoms with Gasteiger partial charge in [0.15, 0.2) is 11.6 Å². The number of hydrogen-bond acceptors (Lipinski definition) is 4. The first-order valence-electron chi connectivity index (χ1n) is 9.18. The van der Waals surface area contributed by atoms with E-state index in [1.807, 2.05) is 0 Å². The molecule has 1 aliphatic heterocycles. The van der Waals surface area contributed by atoms with Crippen LogP contribution in [0.15, 0.2) is 36.5 Å². The zero-order valence-corrected chi connectivity index (χ0v) is 16.0. The number of benzene rings is 1. The van der Waals surface area contributed by atoms with Crippen LogP contribution in [-0.4, -0.2) is 45.5 Å². The molecule has 1 atom stereocenters. The van der Waals surface area contributed by atoms with E-state index in [4.69, 9.17) is 11.6 Å². The molecule has 1 unspecified atom stereocenters. The highest BCUT2D eigenvalue weighted by atomic mass is 35.5. The van der Waals surface area contributed by atoms with Crippen LogP contribution in [0.4, 0.5) is 14.6 Å². The Bertz CT molecular complexity index is 950. The first-order chi connectivity index (χ1) is 13.8. The Kier molecular flexibility index (Phi) is 5.23. The number of pyridine rings is 1. The molecule has 2 aliphatic rings. The quantitative estimate of drug-likeness (QED) is 0.823. The average Bonchev–Trinajstić information content (AvgIpc) is 2.65. The zero-order chi connectivity index (χ0) is 20.7. The maximum atomic E-state index is 14.4. The lowest BCUT2D eigenvalue weighted by Crippen LogP contribution is -2.64. The lowest BCUT2D eigenvalue weighted by molar-refractivity contribution is -0.149. The number of amides is 2. The highest BCUT2D eigenvalue weighted by Crippen LogP contribution is 2.37. The summed E-state index contributed by atoms with van der Waals surface area (Å²) in [5.74, 6) is -2.53. The van der Waals surface area contributed by atoms with Crippen molar-refractivity contribution in [1.82, 2.24) is 9.88 Å². The molecule has 152 valence electrons. The smallest absolute Gasteiger partial charge is 0.251 e. The molecular formula is C20H18ClF2N3O3. The first kappa shape index (κ1) is 19.7. The Balaban J connectivity index is 1.65. The van der Waals surface area contributed by atoms with Gasteiger partial charge < -0.3 is 10.0 Å². The summed E-state index contributed by atoms with van der Waals surface area (Å²) in [5, 5.41) is 9.79. The molecule has 1 saturated carbocycles. The number of aliphatic hydroxyl groups is 1. The van der Waals surface area contributed by atoms with Gasteiger partial charge in [0.25, 0.3) is 5.91 Å². The summed E-state index contributed by atoms with van der Waals surface area (Å²) >= 11 is 5.74. The normalized spacial score (nSPS) is 24.6. The number of aromatic nitrogens is 1. The molecule has 6 nitrogen and oxygen atoms in total. The van der Waals surface area contributed by atoms with E-state index in [-0.39, 0.29) is 35.8 Å². The van der Waals surface area contributed by atoms with Crippen molar-refractivity contribution in [1.29, 1.82) is 0 Å². The second-order valence-electron chi connectivity index (χ2n) is 7.36. The number of halogens is 3. The van der Waals surface area contributed by atoms with E-state index < -0.39 is 29.7 Å². The monoisotopic (exact) mass is 421 g/mol.